The number of methoxy groups -OCH3 is 2. The summed E-state index contributed by atoms with van der Waals surface area (Å²) in [4.78, 5) is 21.7. The highest BCUT2D eigenvalue weighted by molar-refractivity contribution is 6.07. The van der Waals surface area contributed by atoms with E-state index in [0.717, 1.165) is 16.5 Å². The number of nitrogens with zero attached hydrogens (tertiary/aromatic N) is 3. The van der Waals surface area contributed by atoms with Crippen LogP contribution >= 0.6 is 0 Å². The highest BCUT2D eigenvalue weighted by atomic mass is 16.5. The molecule has 0 aliphatic carbocycles. The lowest BCUT2D eigenvalue weighted by Gasteiger charge is -2.12. The van der Waals surface area contributed by atoms with E-state index in [1.165, 1.54) is 0 Å². The molecule has 7 nitrogen and oxygen atoms in total. The van der Waals surface area contributed by atoms with Crippen LogP contribution in [0.25, 0.3) is 22.2 Å². The first kappa shape index (κ1) is 20.0. The summed E-state index contributed by atoms with van der Waals surface area (Å²) in [5, 5.41) is 4.79. The number of pyridine rings is 2. The Morgan fingerprint density at radius 3 is 2.68 bits per heavy atom. The fourth-order valence-electron chi connectivity index (χ4n) is 3.19. The van der Waals surface area contributed by atoms with Crippen LogP contribution in [0, 0.1) is 0 Å². The smallest absolute Gasteiger partial charge is 0.272 e. The van der Waals surface area contributed by atoms with Gasteiger partial charge in [0, 0.05) is 35.0 Å². The van der Waals surface area contributed by atoms with Crippen molar-refractivity contribution in [3.05, 3.63) is 84.2 Å². The fourth-order valence-corrected chi connectivity index (χ4v) is 3.19. The Morgan fingerprint density at radius 2 is 1.90 bits per heavy atom. The van der Waals surface area contributed by atoms with Gasteiger partial charge in [-0.1, -0.05) is 24.3 Å². The van der Waals surface area contributed by atoms with Gasteiger partial charge < -0.3 is 9.47 Å². The van der Waals surface area contributed by atoms with Gasteiger partial charge in [-0.05, 0) is 30.3 Å². The number of amides is 1. The van der Waals surface area contributed by atoms with Crippen LogP contribution in [-0.4, -0.2) is 36.3 Å². The highest BCUT2D eigenvalue weighted by Crippen LogP contribution is 2.34. The summed E-state index contributed by atoms with van der Waals surface area (Å²) in [7, 11) is 3.18. The van der Waals surface area contributed by atoms with Gasteiger partial charge in [-0.25, -0.2) is 10.4 Å². The molecule has 1 N–H and O–H groups in total. The number of aromatic nitrogens is 2. The van der Waals surface area contributed by atoms with E-state index in [1.54, 1.807) is 51.0 Å². The molecule has 2 heterocycles. The molecule has 0 aliphatic heterocycles. The van der Waals surface area contributed by atoms with Crippen molar-refractivity contribution in [2.75, 3.05) is 14.2 Å². The first-order chi connectivity index (χ1) is 15.2. The summed E-state index contributed by atoms with van der Waals surface area (Å²) >= 11 is 0. The maximum Gasteiger partial charge on any atom is 0.272 e. The molecule has 0 radical (unpaired) electrons. The Bertz CT molecular complexity index is 1260. The SMILES string of the molecule is COc1ccc(-c2cc(C(=O)NN=Cc3cccnc3)c3ccccc3n2)c(OC)c1. The van der Waals surface area contributed by atoms with Gasteiger partial charge in [-0.15, -0.1) is 0 Å². The molecule has 4 rings (SSSR count). The zero-order valence-electron chi connectivity index (χ0n) is 17.1. The van der Waals surface area contributed by atoms with Crippen LogP contribution in [0.4, 0.5) is 0 Å². The third kappa shape index (κ3) is 4.35. The molecular formula is C24H20N4O3. The molecule has 0 atom stereocenters. The van der Waals surface area contributed by atoms with Crippen molar-refractivity contribution in [1.29, 1.82) is 0 Å². The number of carbonyl (C=O) groups is 1. The fraction of sp³-hybridized carbons (Fsp3) is 0.0833. The minimum Gasteiger partial charge on any atom is -0.497 e. The number of benzene rings is 2. The Kier molecular flexibility index (Phi) is 5.84. The molecule has 1 amide bonds. The van der Waals surface area contributed by atoms with E-state index in [9.17, 15) is 4.79 Å². The normalized spacial score (nSPS) is 10.9. The molecule has 0 aliphatic rings. The van der Waals surface area contributed by atoms with Gasteiger partial charge in [0.25, 0.3) is 5.91 Å². The molecular weight excluding hydrogens is 392 g/mol. The zero-order chi connectivity index (χ0) is 21.6. The predicted octanol–water partition coefficient (Wildman–Crippen LogP) is 4.08. The second kappa shape index (κ2) is 9.04. The second-order valence-electron chi connectivity index (χ2n) is 6.62. The summed E-state index contributed by atoms with van der Waals surface area (Å²) in [6, 6.07) is 18.3. The molecule has 154 valence electrons. The zero-order valence-corrected chi connectivity index (χ0v) is 17.1. The highest BCUT2D eigenvalue weighted by Gasteiger charge is 2.16. The quantitative estimate of drug-likeness (QED) is 0.381. The van der Waals surface area contributed by atoms with Crippen LogP contribution in [0.2, 0.25) is 0 Å². The minimum atomic E-state index is -0.340. The number of hydrogen-bond donors (Lipinski definition) is 1. The number of hydrogen-bond acceptors (Lipinski definition) is 6. The van der Waals surface area contributed by atoms with Gasteiger partial charge in [0.1, 0.15) is 11.5 Å². The topological polar surface area (TPSA) is 85.7 Å². The van der Waals surface area contributed by atoms with Gasteiger partial charge in [-0.3, -0.25) is 9.78 Å². The molecule has 0 fully saturated rings. The van der Waals surface area contributed by atoms with E-state index in [1.807, 2.05) is 42.5 Å². The third-order valence-corrected chi connectivity index (χ3v) is 4.71. The van der Waals surface area contributed by atoms with Crippen molar-refractivity contribution < 1.29 is 14.3 Å². The number of nitrogens with one attached hydrogen (secondary N) is 1. The van der Waals surface area contributed by atoms with Crippen molar-refractivity contribution in [2.45, 2.75) is 0 Å². The van der Waals surface area contributed by atoms with Gasteiger partial charge in [0.05, 0.1) is 37.2 Å². The largest absolute Gasteiger partial charge is 0.497 e. The Morgan fingerprint density at radius 1 is 1.03 bits per heavy atom. The van der Waals surface area contributed by atoms with Gasteiger partial charge in [0.15, 0.2) is 0 Å². The molecule has 0 unspecified atom stereocenters. The van der Waals surface area contributed by atoms with Crippen LogP contribution in [-0.2, 0) is 0 Å². The molecule has 0 saturated carbocycles. The van der Waals surface area contributed by atoms with Crippen molar-refractivity contribution >= 4 is 23.0 Å². The number of hydrazone groups is 1. The average Bonchev–Trinajstić information content (AvgIpc) is 2.83. The Hall–Kier alpha value is -4.26. The lowest BCUT2D eigenvalue weighted by atomic mass is 10.0. The van der Waals surface area contributed by atoms with E-state index < -0.39 is 0 Å². The van der Waals surface area contributed by atoms with Crippen LogP contribution in [0.1, 0.15) is 15.9 Å². The van der Waals surface area contributed by atoms with Crippen molar-refractivity contribution in [3.8, 4) is 22.8 Å². The van der Waals surface area contributed by atoms with Crippen molar-refractivity contribution in [1.82, 2.24) is 15.4 Å². The maximum atomic E-state index is 13.0. The molecule has 31 heavy (non-hydrogen) atoms. The van der Waals surface area contributed by atoms with Gasteiger partial charge >= 0.3 is 0 Å². The standard InChI is InChI=1S/C24H20N4O3/c1-30-17-9-10-19(23(12-17)31-2)22-13-20(18-7-3-4-8-21(18)27-22)24(29)28-26-15-16-6-5-11-25-14-16/h3-15H,1-2H3,(H,28,29). The lowest BCUT2D eigenvalue weighted by Crippen LogP contribution is -2.18. The summed E-state index contributed by atoms with van der Waals surface area (Å²) in [5.74, 6) is 0.930. The first-order valence-corrected chi connectivity index (χ1v) is 9.55. The molecule has 0 bridgehead atoms. The maximum absolute atomic E-state index is 13.0. The van der Waals surface area contributed by atoms with Crippen LogP contribution in [0.3, 0.4) is 0 Å². The van der Waals surface area contributed by atoms with E-state index in [4.69, 9.17) is 14.5 Å². The van der Waals surface area contributed by atoms with Crippen molar-refractivity contribution in [2.24, 2.45) is 5.10 Å². The van der Waals surface area contributed by atoms with E-state index in [2.05, 4.69) is 15.5 Å². The van der Waals surface area contributed by atoms with Gasteiger partial charge in [-0.2, -0.15) is 5.10 Å². The summed E-state index contributed by atoms with van der Waals surface area (Å²) in [5.41, 5.74) is 5.89. The molecule has 0 spiro atoms. The molecule has 0 saturated heterocycles. The van der Waals surface area contributed by atoms with Gasteiger partial charge in [0.2, 0.25) is 0 Å². The first-order valence-electron chi connectivity index (χ1n) is 9.55. The van der Waals surface area contributed by atoms with E-state index >= 15 is 0 Å². The monoisotopic (exact) mass is 412 g/mol. The van der Waals surface area contributed by atoms with Crippen molar-refractivity contribution in [3.63, 3.8) is 0 Å². The van der Waals surface area contributed by atoms with E-state index in [-0.39, 0.29) is 5.91 Å². The predicted molar refractivity (Wildman–Crippen MR) is 120 cm³/mol. The number of carbonyl (C=O) groups excluding carboxylic acids is 1. The molecule has 2 aromatic carbocycles. The average molecular weight is 412 g/mol. The molecule has 7 heteroatoms. The minimum absolute atomic E-state index is 0.340. The number of para-hydroxylation sites is 1. The third-order valence-electron chi connectivity index (χ3n) is 4.71. The number of ether oxygens (including phenoxy) is 2. The Labute approximate surface area is 179 Å². The summed E-state index contributed by atoms with van der Waals surface area (Å²) in [6.07, 6.45) is 4.88. The summed E-state index contributed by atoms with van der Waals surface area (Å²) in [6.45, 7) is 0. The second-order valence-corrected chi connectivity index (χ2v) is 6.62. The molecule has 2 aromatic heterocycles. The van der Waals surface area contributed by atoms with E-state index in [0.29, 0.717) is 28.3 Å². The number of fused-ring (bicyclic) bond motifs is 1. The number of rotatable bonds is 6. The van der Waals surface area contributed by atoms with Crippen LogP contribution < -0.4 is 14.9 Å². The lowest BCUT2D eigenvalue weighted by molar-refractivity contribution is 0.0956. The Balaban J connectivity index is 1.73. The molecule has 4 aromatic rings. The van der Waals surface area contributed by atoms with Crippen LogP contribution in [0.15, 0.2) is 78.2 Å². The van der Waals surface area contributed by atoms with Crippen LogP contribution in [0.5, 0.6) is 11.5 Å². The summed E-state index contributed by atoms with van der Waals surface area (Å²) < 4.78 is 10.8.